The predicted octanol–water partition coefficient (Wildman–Crippen LogP) is 4.05. The highest BCUT2D eigenvalue weighted by Gasteiger charge is 2.37. The van der Waals surface area contributed by atoms with Gasteiger partial charge in [0.25, 0.3) is 0 Å². The number of ether oxygens (including phenoxy) is 1. The number of phosphoric acid groups is 1. The molecule has 2 aromatic heterocycles. The van der Waals surface area contributed by atoms with Gasteiger partial charge in [-0.1, -0.05) is 12.1 Å². The van der Waals surface area contributed by atoms with Gasteiger partial charge in [-0.3, -0.25) is 4.52 Å². The zero-order valence-electron chi connectivity index (χ0n) is 21.3. The van der Waals surface area contributed by atoms with E-state index in [0.29, 0.717) is 34.7 Å². The number of H-pyrrole nitrogens is 1. The molecule has 0 aliphatic heterocycles. The topological polar surface area (TPSA) is 142 Å². The lowest BCUT2D eigenvalue weighted by Gasteiger charge is -2.22. The summed E-state index contributed by atoms with van der Waals surface area (Å²) in [5.74, 6) is 0.458. The van der Waals surface area contributed by atoms with Gasteiger partial charge in [0, 0.05) is 23.5 Å². The molecule has 0 bridgehead atoms. The first-order chi connectivity index (χ1) is 17.9. The van der Waals surface area contributed by atoms with Crippen LogP contribution < -0.4 is 4.74 Å². The van der Waals surface area contributed by atoms with Crippen LogP contribution in [0.25, 0.3) is 33.1 Å². The molecule has 1 aliphatic rings. The Morgan fingerprint density at radius 2 is 1.95 bits per heavy atom. The lowest BCUT2D eigenvalue weighted by molar-refractivity contribution is 0.0714. The molecular weight excluding hydrogens is 529 g/mol. The summed E-state index contributed by atoms with van der Waals surface area (Å²) < 4.78 is 48.3. The lowest BCUT2D eigenvalue weighted by Crippen LogP contribution is -2.32. The number of aromatic amines is 1. The van der Waals surface area contributed by atoms with E-state index in [9.17, 15) is 22.8 Å². The number of aromatic nitrogens is 2. The Hall–Kier alpha value is -2.79. The van der Waals surface area contributed by atoms with E-state index in [1.54, 1.807) is 49.5 Å². The van der Waals surface area contributed by atoms with Crippen molar-refractivity contribution in [2.75, 3.05) is 27.2 Å². The summed E-state index contributed by atoms with van der Waals surface area (Å²) in [7, 11) is -4.54. The van der Waals surface area contributed by atoms with Gasteiger partial charge in [-0.25, -0.2) is 18.0 Å². The minimum Gasteiger partial charge on any atom is -0.489 e. The molecular formula is C26H30N3O7PS. The molecule has 0 amide bonds. The molecule has 5 rings (SSSR count). The van der Waals surface area contributed by atoms with Crippen molar-refractivity contribution in [2.24, 2.45) is 0 Å². The van der Waals surface area contributed by atoms with Crippen LogP contribution >= 0.6 is 7.82 Å². The molecule has 0 unspecified atom stereocenters. The van der Waals surface area contributed by atoms with Gasteiger partial charge in [0.2, 0.25) is 0 Å². The molecule has 3 N–H and O–H groups in total. The second-order valence-corrected chi connectivity index (χ2v) is 13.4. The third kappa shape index (κ3) is 5.63. The standard InChI is InChI=1S/C26H30N3O7PS/c1-16-11-22-24-21(17-5-4-6-20(12-17)38(33,34)19-7-8-19)9-10-23(25(24)28-26(22)27-13-16)35-15-18(14-29(2)3)36-37(30,31)32/h4-6,9-13,18-19H,7-8,14-15H2,1-3H3,(H,27,28)(H2,30,31,32)/t18-/m0/s1. The van der Waals surface area contributed by atoms with Gasteiger partial charge in [-0.05, 0) is 80.9 Å². The number of fused-ring (bicyclic) bond motifs is 3. The Balaban J connectivity index is 1.59. The molecule has 0 radical (unpaired) electrons. The van der Waals surface area contributed by atoms with E-state index in [4.69, 9.17) is 9.26 Å². The number of hydrogen-bond donors (Lipinski definition) is 3. The number of pyridine rings is 1. The SMILES string of the molecule is Cc1cnc2[nH]c3c(OC[C@H](CN(C)C)OP(=O)(O)O)ccc(-c4cccc(S(=O)(=O)C5CC5)c4)c3c2c1. The van der Waals surface area contributed by atoms with Gasteiger partial charge in [0.05, 0.1) is 15.7 Å². The lowest BCUT2D eigenvalue weighted by atomic mass is 9.99. The molecule has 10 nitrogen and oxygen atoms in total. The van der Waals surface area contributed by atoms with E-state index < -0.39 is 23.8 Å². The largest absolute Gasteiger partial charge is 0.489 e. The van der Waals surface area contributed by atoms with Crippen LogP contribution in [0.3, 0.4) is 0 Å². The fourth-order valence-electron chi connectivity index (χ4n) is 4.64. The molecule has 202 valence electrons. The zero-order chi connectivity index (χ0) is 27.2. The highest BCUT2D eigenvalue weighted by molar-refractivity contribution is 7.92. The minimum absolute atomic E-state index is 0.103. The van der Waals surface area contributed by atoms with Gasteiger partial charge >= 0.3 is 7.82 Å². The second-order valence-electron chi connectivity index (χ2n) is 9.96. The maximum Gasteiger partial charge on any atom is 0.470 e. The first-order valence-electron chi connectivity index (χ1n) is 12.2. The number of aryl methyl sites for hydroxylation is 1. The number of likely N-dealkylation sites (N-methyl/N-ethyl adjacent to an activating group) is 1. The van der Waals surface area contributed by atoms with Gasteiger partial charge in [0.15, 0.2) is 9.84 Å². The molecule has 1 saturated carbocycles. The summed E-state index contributed by atoms with van der Waals surface area (Å²) >= 11 is 0. The molecule has 2 heterocycles. The van der Waals surface area contributed by atoms with Crippen molar-refractivity contribution in [1.29, 1.82) is 0 Å². The molecule has 0 spiro atoms. The third-order valence-corrected chi connectivity index (χ3v) is 9.25. The summed E-state index contributed by atoms with van der Waals surface area (Å²) in [6, 6.07) is 12.6. The highest BCUT2D eigenvalue weighted by Crippen LogP contribution is 2.41. The Kier molecular flexibility index (Phi) is 7.10. The van der Waals surface area contributed by atoms with Crippen molar-refractivity contribution in [2.45, 2.75) is 36.0 Å². The quantitative estimate of drug-likeness (QED) is 0.245. The first kappa shape index (κ1) is 26.8. The Morgan fingerprint density at radius 1 is 1.18 bits per heavy atom. The summed E-state index contributed by atoms with van der Waals surface area (Å²) in [6.07, 6.45) is 2.25. The van der Waals surface area contributed by atoms with E-state index in [2.05, 4.69) is 9.97 Å². The molecule has 12 heteroatoms. The molecule has 2 aromatic carbocycles. The number of phosphoric ester groups is 1. The molecule has 1 fully saturated rings. The van der Waals surface area contributed by atoms with Crippen LogP contribution in [0.4, 0.5) is 0 Å². The van der Waals surface area contributed by atoms with Gasteiger partial charge in [-0.2, -0.15) is 0 Å². The van der Waals surface area contributed by atoms with Crippen molar-refractivity contribution < 1.29 is 32.0 Å². The zero-order valence-corrected chi connectivity index (χ0v) is 23.0. The Labute approximate surface area is 220 Å². The van der Waals surface area contributed by atoms with Crippen LogP contribution in [0.15, 0.2) is 53.6 Å². The van der Waals surface area contributed by atoms with E-state index >= 15 is 0 Å². The summed E-state index contributed by atoms with van der Waals surface area (Å²) in [5.41, 5.74) is 3.81. The van der Waals surface area contributed by atoms with Crippen LogP contribution in [0.2, 0.25) is 0 Å². The third-order valence-electron chi connectivity index (χ3n) is 6.42. The summed E-state index contributed by atoms with van der Waals surface area (Å²) in [5, 5.41) is 1.36. The summed E-state index contributed by atoms with van der Waals surface area (Å²) in [6.45, 7) is 2.08. The predicted molar refractivity (Wildman–Crippen MR) is 145 cm³/mol. The van der Waals surface area contributed by atoms with Crippen molar-refractivity contribution >= 4 is 39.6 Å². The average Bonchev–Trinajstić information content (AvgIpc) is 3.63. The maximum atomic E-state index is 12.9. The van der Waals surface area contributed by atoms with Crippen LogP contribution in [-0.4, -0.2) is 71.7 Å². The van der Waals surface area contributed by atoms with Crippen molar-refractivity contribution in [1.82, 2.24) is 14.9 Å². The van der Waals surface area contributed by atoms with Gasteiger partial charge in [-0.15, -0.1) is 0 Å². The fourth-order valence-corrected chi connectivity index (χ4v) is 6.86. The number of sulfone groups is 1. The van der Waals surface area contributed by atoms with Crippen LogP contribution in [-0.2, 0) is 18.9 Å². The minimum atomic E-state index is -4.72. The Morgan fingerprint density at radius 3 is 2.63 bits per heavy atom. The maximum absolute atomic E-state index is 12.9. The van der Waals surface area contributed by atoms with Crippen LogP contribution in [0.5, 0.6) is 5.75 Å². The molecule has 0 saturated heterocycles. The molecule has 1 atom stereocenters. The normalized spacial score (nSPS) is 15.4. The van der Waals surface area contributed by atoms with Crippen LogP contribution in [0, 0.1) is 6.92 Å². The van der Waals surface area contributed by atoms with Gasteiger partial charge < -0.3 is 24.4 Å². The van der Waals surface area contributed by atoms with Crippen molar-refractivity contribution in [3.05, 3.63) is 54.2 Å². The number of nitrogens with one attached hydrogen (secondary N) is 1. The molecule has 38 heavy (non-hydrogen) atoms. The smallest absolute Gasteiger partial charge is 0.470 e. The van der Waals surface area contributed by atoms with E-state index in [1.807, 2.05) is 25.1 Å². The van der Waals surface area contributed by atoms with Crippen molar-refractivity contribution in [3.63, 3.8) is 0 Å². The first-order valence-corrected chi connectivity index (χ1v) is 15.3. The second kappa shape index (κ2) is 10.1. The monoisotopic (exact) mass is 559 g/mol. The molecule has 1 aliphatic carbocycles. The fraction of sp³-hybridized carbons (Fsp3) is 0.346. The number of nitrogens with zero attached hydrogens (tertiary/aromatic N) is 2. The number of benzene rings is 2. The van der Waals surface area contributed by atoms with Crippen molar-refractivity contribution in [3.8, 4) is 16.9 Å². The number of hydrogen-bond acceptors (Lipinski definition) is 7. The van der Waals surface area contributed by atoms with E-state index in [0.717, 1.165) is 27.5 Å². The van der Waals surface area contributed by atoms with E-state index in [-0.39, 0.29) is 18.4 Å². The number of rotatable bonds is 10. The van der Waals surface area contributed by atoms with E-state index in [1.165, 1.54) is 0 Å². The summed E-state index contributed by atoms with van der Waals surface area (Å²) in [4.78, 5) is 28.5. The Bertz CT molecular complexity index is 1660. The van der Waals surface area contributed by atoms with Crippen LogP contribution in [0.1, 0.15) is 18.4 Å². The molecule has 4 aromatic rings. The highest BCUT2D eigenvalue weighted by atomic mass is 32.2. The average molecular weight is 560 g/mol. The van der Waals surface area contributed by atoms with Gasteiger partial charge in [0.1, 0.15) is 24.1 Å².